The summed E-state index contributed by atoms with van der Waals surface area (Å²) >= 11 is 0. The summed E-state index contributed by atoms with van der Waals surface area (Å²) in [6, 6.07) is 6.56. The normalized spacial score (nSPS) is 13.2. The Morgan fingerprint density at radius 3 is 2.60 bits per heavy atom. The van der Waals surface area contributed by atoms with Crippen molar-refractivity contribution in [2.45, 2.75) is 59.4 Å². The van der Waals surface area contributed by atoms with Crippen LogP contribution in [0.1, 0.15) is 58.8 Å². The van der Waals surface area contributed by atoms with Gasteiger partial charge in [-0.3, -0.25) is 0 Å². The highest BCUT2D eigenvalue weighted by atomic mass is 15.1. The molecule has 110 valence electrons. The second kappa shape index (κ2) is 6.29. The van der Waals surface area contributed by atoms with Gasteiger partial charge in [0.2, 0.25) is 0 Å². The molecule has 1 aromatic carbocycles. The number of imidazole rings is 1. The van der Waals surface area contributed by atoms with Crippen LogP contribution in [0.15, 0.2) is 18.2 Å². The van der Waals surface area contributed by atoms with E-state index in [1.165, 1.54) is 30.6 Å². The van der Waals surface area contributed by atoms with Crippen LogP contribution in [0, 0.1) is 5.92 Å². The lowest BCUT2D eigenvalue weighted by Gasteiger charge is -2.18. The van der Waals surface area contributed by atoms with Crippen molar-refractivity contribution in [2.24, 2.45) is 5.92 Å². The minimum atomic E-state index is 0.498. The maximum atomic E-state index is 5.87. The number of rotatable bonds is 6. The Kier molecular flexibility index (Phi) is 4.69. The first-order valence-electron chi connectivity index (χ1n) is 7.79. The van der Waals surface area contributed by atoms with E-state index < -0.39 is 0 Å². The topological polar surface area (TPSA) is 43.8 Å². The fourth-order valence-electron chi connectivity index (χ4n) is 2.86. The van der Waals surface area contributed by atoms with Crippen LogP contribution in [0.4, 0.5) is 5.69 Å². The molecule has 1 unspecified atom stereocenters. The van der Waals surface area contributed by atoms with Crippen LogP contribution in [-0.2, 0) is 6.42 Å². The van der Waals surface area contributed by atoms with Gasteiger partial charge in [-0.1, -0.05) is 33.6 Å². The van der Waals surface area contributed by atoms with Crippen LogP contribution in [-0.4, -0.2) is 9.55 Å². The minimum absolute atomic E-state index is 0.498. The molecule has 0 saturated heterocycles. The van der Waals surface area contributed by atoms with Gasteiger partial charge in [-0.25, -0.2) is 4.98 Å². The SMILES string of the molecule is CCc1nc2cc(N)ccc2n1C(C)CCCC(C)C. The van der Waals surface area contributed by atoms with Gasteiger partial charge in [0.25, 0.3) is 0 Å². The summed E-state index contributed by atoms with van der Waals surface area (Å²) in [5.74, 6) is 1.95. The zero-order chi connectivity index (χ0) is 14.7. The van der Waals surface area contributed by atoms with Crippen molar-refractivity contribution in [3.05, 3.63) is 24.0 Å². The Hall–Kier alpha value is -1.51. The number of hydrogen-bond donors (Lipinski definition) is 1. The quantitative estimate of drug-likeness (QED) is 0.784. The van der Waals surface area contributed by atoms with Crippen molar-refractivity contribution in [1.29, 1.82) is 0 Å². The van der Waals surface area contributed by atoms with Crippen molar-refractivity contribution in [3.63, 3.8) is 0 Å². The van der Waals surface area contributed by atoms with Crippen molar-refractivity contribution in [2.75, 3.05) is 5.73 Å². The number of nitrogen functional groups attached to an aromatic ring is 1. The number of aryl methyl sites for hydroxylation is 1. The first kappa shape index (κ1) is 14.9. The molecule has 0 amide bonds. The summed E-state index contributed by atoms with van der Waals surface area (Å²) in [5.41, 5.74) is 8.90. The predicted octanol–water partition coefficient (Wildman–Crippen LogP) is 4.57. The summed E-state index contributed by atoms with van der Waals surface area (Å²) in [4.78, 5) is 4.74. The second-order valence-corrected chi connectivity index (χ2v) is 6.17. The number of nitrogens with two attached hydrogens (primary N) is 1. The van der Waals surface area contributed by atoms with E-state index >= 15 is 0 Å². The highest BCUT2D eigenvalue weighted by Gasteiger charge is 2.14. The molecule has 0 saturated carbocycles. The summed E-state index contributed by atoms with van der Waals surface area (Å²) in [6.45, 7) is 9.05. The molecule has 0 fully saturated rings. The van der Waals surface area contributed by atoms with E-state index in [1.807, 2.05) is 12.1 Å². The van der Waals surface area contributed by atoms with Crippen molar-refractivity contribution in [1.82, 2.24) is 9.55 Å². The summed E-state index contributed by atoms with van der Waals surface area (Å²) < 4.78 is 2.40. The third kappa shape index (κ3) is 3.14. The molecular formula is C17H27N3. The number of aromatic nitrogens is 2. The lowest BCUT2D eigenvalue weighted by molar-refractivity contribution is 0.445. The average molecular weight is 273 g/mol. The van der Waals surface area contributed by atoms with Crippen LogP contribution in [0.2, 0.25) is 0 Å². The molecule has 20 heavy (non-hydrogen) atoms. The molecule has 0 spiro atoms. The lowest BCUT2D eigenvalue weighted by Crippen LogP contribution is -2.09. The standard InChI is InChI=1S/C17H27N3/c1-5-17-19-15-11-14(18)9-10-16(15)20(17)13(4)8-6-7-12(2)3/h9-13H,5-8,18H2,1-4H3. The van der Waals surface area contributed by atoms with E-state index in [-0.39, 0.29) is 0 Å². The Bertz CT molecular complexity index is 569. The number of benzene rings is 1. The molecule has 1 atom stereocenters. The average Bonchev–Trinajstić information content (AvgIpc) is 2.75. The number of fused-ring (bicyclic) bond motifs is 1. The number of hydrogen-bond acceptors (Lipinski definition) is 2. The molecule has 2 rings (SSSR count). The highest BCUT2D eigenvalue weighted by molar-refractivity contribution is 5.79. The molecule has 0 radical (unpaired) electrons. The summed E-state index contributed by atoms with van der Waals surface area (Å²) in [6.07, 6.45) is 4.74. The zero-order valence-electron chi connectivity index (χ0n) is 13.2. The van der Waals surface area contributed by atoms with E-state index in [1.54, 1.807) is 0 Å². The number of anilines is 1. The molecule has 1 heterocycles. The van der Waals surface area contributed by atoms with E-state index in [0.717, 1.165) is 23.5 Å². The van der Waals surface area contributed by atoms with Gasteiger partial charge in [-0.2, -0.15) is 0 Å². The first-order chi connectivity index (χ1) is 9.52. The lowest BCUT2D eigenvalue weighted by atomic mass is 10.0. The third-order valence-corrected chi connectivity index (χ3v) is 3.95. The molecule has 1 aromatic heterocycles. The first-order valence-corrected chi connectivity index (χ1v) is 7.79. The maximum absolute atomic E-state index is 5.87. The Morgan fingerprint density at radius 1 is 1.20 bits per heavy atom. The smallest absolute Gasteiger partial charge is 0.109 e. The second-order valence-electron chi connectivity index (χ2n) is 6.17. The van der Waals surface area contributed by atoms with Crippen molar-refractivity contribution < 1.29 is 0 Å². The van der Waals surface area contributed by atoms with E-state index in [0.29, 0.717) is 6.04 Å². The minimum Gasteiger partial charge on any atom is -0.399 e. The molecule has 2 aromatic rings. The molecule has 3 nitrogen and oxygen atoms in total. The maximum Gasteiger partial charge on any atom is 0.109 e. The molecule has 0 aliphatic rings. The van der Waals surface area contributed by atoms with Gasteiger partial charge in [-0.05, 0) is 37.5 Å². The summed E-state index contributed by atoms with van der Waals surface area (Å²) in [5, 5.41) is 0. The van der Waals surface area contributed by atoms with Crippen molar-refractivity contribution in [3.8, 4) is 0 Å². The van der Waals surface area contributed by atoms with Crippen LogP contribution in [0.3, 0.4) is 0 Å². The van der Waals surface area contributed by atoms with E-state index in [4.69, 9.17) is 10.7 Å². The third-order valence-electron chi connectivity index (χ3n) is 3.95. The Balaban J connectivity index is 2.27. The predicted molar refractivity (Wildman–Crippen MR) is 86.9 cm³/mol. The monoisotopic (exact) mass is 273 g/mol. The van der Waals surface area contributed by atoms with Gasteiger partial charge in [0.15, 0.2) is 0 Å². The number of nitrogens with zero attached hydrogens (tertiary/aromatic N) is 2. The van der Waals surface area contributed by atoms with E-state index in [2.05, 4.69) is 38.3 Å². The molecule has 2 N–H and O–H groups in total. The van der Waals surface area contributed by atoms with Crippen LogP contribution >= 0.6 is 0 Å². The van der Waals surface area contributed by atoms with Crippen LogP contribution < -0.4 is 5.73 Å². The van der Waals surface area contributed by atoms with Gasteiger partial charge in [0, 0.05) is 18.2 Å². The molecular weight excluding hydrogens is 246 g/mol. The highest BCUT2D eigenvalue weighted by Crippen LogP contribution is 2.26. The fraction of sp³-hybridized carbons (Fsp3) is 0.588. The summed E-state index contributed by atoms with van der Waals surface area (Å²) in [7, 11) is 0. The van der Waals surface area contributed by atoms with Gasteiger partial charge in [0.05, 0.1) is 11.0 Å². The fourth-order valence-corrected chi connectivity index (χ4v) is 2.86. The van der Waals surface area contributed by atoms with Gasteiger partial charge < -0.3 is 10.3 Å². The van der Waals surface area contributed by atoms with E-state index in [9.17, 15) is 0 Å². The van der Waals surface area contributed by atoms with Crippen LogP contribution in [0.5, 0.6) is 0 Å². The van der Waals surface area contributed by atoms with Gasteiger partial charge in [-0.15, -0.1) is 0 Å². The molecule has 0 aliphatic carbocycles. The Morgan fingerprint density at radius 2 is 1.95 bits per heavy atom. The molecule has 0 aliphatic heterocycles. The van der Waals surface area contributed by atoms with Crippen LogP contribution in [0.25, 0.3) is 11.0 Å². The van der Waals surface area contributed by atoms with Gasteiger partial charge in [0.1, 0.15) is 5.82 Å². The van der Waals surface area contributed by atoms with Gasteiger partial charge >= 0.3 is 0 Å². The Labute approximate surface area is 122 Å². The van der Waals surface area contributed by atoms with Crippen molar-refractivity contribution >= 4 is 16.7 Å². The molecule has 3 heteroatoms. The zero-order valence-corrected chi connectivity index (χ0v) is 13.2. The molecule has 0 bridgehead atoms. The largest absolute Gasteiger partial charge is 0.399 e.